The molecule has 4 aromatic rings. The Balaban J connectivity index is 0.000000504. The first-order chi connectivity index (χ1) is 17.9. The Kier molecular flexibility index (Phi) is 10.3. The van der Waals surface area contributed by atoms with Gasteiger partial charge in [-0.2, -0.15) is 0 Å². The van der Waals surface area contributed by atoms with Crippen LogP contribution in [0.2, 0.25) is 0 Å². The molecular weight excluding hydrogens is 543 g/mol. The number of benzene rings is 4. The van der Waals surface area contributed by atoms with Crippen molar-refractivity contribution in [2.24, 2.45) is 0 Å². The van der Waals surface area contributed by atoms with E-state index in [-0.39, 0.29) is 21.8 Å². The van der Waals surface area contributed by atoms with Gasteiger partial charge >= 0.3 is 17.1 Å². The molecule has 0 aliphatic heterocycles. The second kappa shape index (κ2) is 13.2. The van der Waals surface area contributed by atoms with Gasteiger partial charge in [0.05, 0.1) is 5.25 Å². The maximum Gasteiger partial charge on any atom is 2.00 e. The van der Waals surface area contributed by atoms with E-state index in [1.165, 1.54) is 37.8 Å². The van der Waals surface area contributed by atoms with Crippen LogP contribution in [0.25, 0.3) is 21.5 Å². The van der Waals surface area contributed by atoms with Gasteiger partial charge in [-0.25, -0.2) is 0 Å². The smallest absolute Gasteiger partial charge is 0.258 e. The molecule has 4 heteroatoms. The minimum Gasteiger partial charge on any atom is -0.258 e. The molecule has 190 valence electrons. The molecule has 0 aromatic heterocycles. The van der Waals surface area contributed by atoms with E-state index in [9.17, 15) is 4.21 Å². The van der Waals surface area contributed by atoms with Crippen LogP contribution in [0.5, 0.6) is 0 Å². The average molecular weight is 575 g/mol. The van der Waals surface area contributed by atoms with Crippen molar-refractivity contribution >= 4 is 50.9 Å². The zero-order valence-electron chi connectivity index (χ0n) is 21.8. The van der Waals surface area contributed by atoms with Gasteiger partial charge < -0.3 is 0 Å². The van der Waals surface area contributed by atoms with Crippen LogP contribution >= 0.6 is 7.92 Å². The third kappa shape index (κ3) is 6.45. The monoisotopic (exact) mass is 574 g/mol. The fraction of sp³-hybridized carbons (Fsp3) is 0.118. The molecule has 0 heterocycles. The summed E-state index contributed by atoms with van der Waals surface area (Å²) >= 11 is 0. The van der Waals surface area contributed by atoms with Gasteiger partial charge in [-0.3, -0.25) is 4.21 Å². The zero-order valence-corrected chi connectivity index (χ0v) is 24.6. The Morgan fingerprint density at radius 2 is 1.03 bits per heavy atom. The van der Waals surface area contributed by atoms with Crippen LogP contribution in [0, 0.1) is 62.3 Å². The number of rotatable bonds is 4. The Bertz CT molecular complexity index is 1280. The third-order valence-electron chi connectivity index (χ3n) is 6.32. The summed E-state index contributed by atoms with van der Waals surface area (Å²) < 4.78 is 13.2. The number of fused-ring (bicyclic) bond motifs is 2. The molecule has 0 amide bonds. The van der Waals surface area contributed by atoms with Crippen molar-refractivity contribution in [2.75, 3.05) is 0 Å². The Hall–Kier alpha value is -1.50. The molecular formula is C34H31FeOPS+2. The zero-order chi connectivity index (χ0) is 25.8. The van der Waals surface area contributed by atoms with E-state index in [1.54, 1.807) is 0 Å². The second-order valence-corrected chi connectivity index (χ2v) is 14.3. The van der Waals surface area contributed by atoms with Gasteiger partial charge in [0.1, 0.15) is 0 Å². The number of hydrogen-bond acceptors (Lipinski definition) is 1. The summed E-state index contributed by atoms with van der Waals surface area (Å²) in [5.74, 6) is 0. The van der Waals surface area contributed by atoms with Crippen LogP contribution in [0.4, 0.5) is 0 Å². The van der Waals surface area contributed by atoms with E-state index in [0.29, 0.717) is 0 Å². The average Bonchev–Trinajstić information content (AvgIpc) is 3.64. The van der Waals surface area contributed by atoms with Crippen LogP contribution < -0.4 is 10.6 Å². The molecule has 0 N–H and O–H groups in total. The largest absolute Gasteiger partial charge is 2.00 e. The van der Waals surface area contributed by atoms with E-state index in [1.807, 2.05) is 32.1 Å². The summed E-state index contributed by atoms with van der Waals surface area (Å²) in [7, 11) is -2.00. The third-order valence-corrected chi connectivity index (χ3v) is 11.0. The minimum atomic E-state index is -1.10. The summed E-state index contributed by atoms with van der Waals surface area (Å²) in [5.41, 5.74) is 1.20. The van der Waals surface area contributed by atoms with Gasteiger partial charge in [-0.1, -0.05) is 84.9 Å². The van der Waals surface area contributed by atoms with E-state index >= 15 is 0 Å². The standard InChI is InChI=1S/C29H26OPS.C5H5.Fe/c1-29(2,3)32(30)28-20-10-19-27(28)31(25-17-8-13-21-11-4-6-15-23(21)25)26-18-9-14-22-12-5-7-16-24(22)26;1-2-4-5-3-1;/h4-20H,1-3H3;1-5H;/q;;+2/t32-;;/m0../s1. The van der Waals surface area contributed by atoms with E-state index in [0.717, 1.165) is 5.25 Å². The first kappa shape index (κ1) is 29.5. The predicted molar refractivity (Wildman–Crippen MR) is 163 cm³/mol. The summed E-state index contributed by atoms with van der Waals surface area (Å²) in [6.07, 6.45) is 16.3. The molecule has 2 fully saturated rings. The molecule has 2 aliphatic rings. The van der Waals surface area contributed by atoms with Crippen molar-refractivity contribution < 1.29 is 21.3 Å². The second-order valence-electron chi connectivity index (χ2n) is 9.95. The van der Waals surface area contributed by atoms with Gasteiger partial charge in [0.15, 0.2) is 0 Å². The van der Waals surface area contributed by atoms with Gasteiger partial charge in [-0.05, 0) is 112 Å². The van der Waals surface area contributed by atoms with E-state index in [2.05, 4.69) is 125 Å². The van der Waals surface area contributed by atoms with Crippen molar-refractivity contribution in [3.8, 4) is 0 Å². The summed E-state index contributed by atoms with van der Waals surface area (Å²) in [4.78, 5) is 0. The summed E-state index contributed by atoms with van der Waals surface area (Å²) in [6, 6.07) is 30.4. The molecule has 0 bridgehead atoms. The first-order valence-electron chi connectivity index (χ1n) is 12.5. The van der Waals surface area contributed by atoms with Gasteiger partial charge in [0.2, 0.25) is 0 Å². The van der Waals surface area contributed by atoms with Crippen LogP contribution in [0.3, 0.4) is 0 Å². The Morgan fingerprint density at radius 1 is 0.579 bits per heavy atom. The fourth-order valence-corrected chi connectivity index (χ4v) is 8.89. The van der Waals surface area contributed by atoms with Gasteiger partial charge in [0.25, 0.3) is 0 Å². The van der Waals surface area contributed by atoms with Crippen molar-refractivity contribution in [1.29, 1.82) is 0 Å². The number of hydrogen-bond donors (Lipinski definition) is 0. The van der Waals surface area contributed by atoms with Gasteiger partial charge in [-0.15, -0.1) is 0 Å². The van der Waals surface area contributed by atoms with Crippen LogP contribution in [0.1, 0.15) is 20.8 Å². The summed E-state index contributed by atoms with van der Waals surface area (Å²) in [5, 5.41) is 8.60. The molecule has 1 nitrogen and oxygen atoms in total. The fourth-order valence-electron chi connectivity index (χ4n) is 4.58. The van der Waals surface area contributed by atoms with E-state index < -0.39 is 18.7 Å². The molecule has 0 unspecified atom stereocenters. The maximum atomic E-state index is 13.6. The first-order valence-corrected chi connectivity index (χ1v) is 15.0. The van der Waals surface area contributed by atoms with Crippen LogP contribution in [0.15, 0.2) is 84.9 Å². The molecule has 38 heavy (non-hydrogen) atoms. The molecule has 2 aliphatic carbocycles. The van der Waals surface area contributed by atoms with Crippen LogP contribution in [-0.2, 0) is 27.9 Å². The molecule has 2 saturated carbocycles. The Labute approximate surface area is 243 Å². The molecule has 6 rings (SSSR count). The van der Waals surface area contributed by atoms with Crippen LogP contribution in [-0.4, -0.2) is 8.96 Å². The predicted octanol–water partition coefficient (Wildman–Crippen LogP) is 7.68. The molecule has 1 atom stereocenters. The molecule has 0 saturated heterocycles. The topological polar surface area (TPSA) is 17.1 Å². The minimum absolute atomic E-state index is 0. The van der Waals surface area contributed by atoms with Crippen molar-refractivity contribution in [3.63, 3.8) is 0 Å². The van der Waals surface area contributed by atoms with E-state index in [4.69, 9.17) is 0 Å². The molecule has 4 aromatic carbocycles. The Morgan fingerprint density at radius 3 is 1.50 bits per heavy atom. The van der Waals surface area contributed by atoms with Crippen molar-refractivity contribution in [3.05, 3.63) is 147 Å². The maximum absolute atomic E-state index is 13.6. The SMILES string of the molecule is CC(C)(C)[S@@](=O)[C]1[CH][CH][CH][C]1P(c1cccc2ccccc12)c1cccc2ccccc12.[CH]1[CH][CH][CH][CH]1.[Fe+2]. The quantitative estimate of drug-likeness (QED) is 0.181. The van der Waals surface area contributed by atoms with Gasteiger partial charge in [0, 0.05) is 21.2 Å². The van der Waals surface area contributed by atoms with Crippen molar-refractivity contribution in [1.82, 2.24) is 0 Å². The summed E-state index contributed by atoms with van der Waals surface area (Å²) in [6.45, 7) is 6.16. The van der Waals surface area contributed by atoms with Crippen molar-refractivity contribution in [2.45, 2.75) is 25.5 Å². The normalized spacial score (nSPS) is 17.4. The molecule has 0 spiro atoms. The molecule has 10 radical (unpaired) electrons.